The molecule has 2 aliphatic rings. The minimum absolute atomic E-state index is 0.00185. The van der Waals surface area contributed by atoms with Crippen LogP contribution in [0, 0.1) is 13.8 Å². The van der Waals surface area contributed by atoms with Crippen LogP contribution in [0.4, 0.5) is 0 Å². The van der Waals surface area contributed by atoms with E-state index in [-0.39, 0.29) is 11.8 Å². The Balaban J connectivity index is 0.000000254. The average Bonchev–Trinajstić information content (AvgIpc) is 3.79. The number of ether oxygens (including phenoxy) is 1. The van der Waals surface area contributed by atoms with E-state index in [1.165, 1.54) is 24.8 Å². The van der Waals surface area contributed by atoms with Crippen molar-refractivity contribution in [2.45, 2.75) is 80.3 Å². The Hall–Kier alpha value is -4.40. The summed E-state index contributed by atoms with van der Waals surface area (Å²) in [6.45, 7) is 16.0. The predicted molar refractivity (Wildman–Crippen MR) is 192 cm³/mol. The number of rotatable bonds is 4. The van der Waals surface area contributed by atoms with Crippen LogP contribution in [0.2, 0.25) is 0 Å². The second-order valence-electron chi connectivity index (χ2n) is 10.7. The molecule has 2 aromatic carbocycles. The van der Waals surface area contributed by atoms with Gasteiger partial charge in [0.2, 0.25) is 0 Å². The van der Waals surface area contributed by atoms with Crippen molar-refractivity contribution in [3.8, 4) is 0 Å². The number of para-hydroxylation sites is 1. The molecule has 0 radical (unpaired) electrons. The third-order valence-corrected chi connectivity index (χ3v) is 7.58. The van der Waals surface area contributed by atoms with Gasteiger partial charge in [-0.3, -0.25) is 15.0 Å². The van der Waals surface area contributed by atoms with Crippen molar-refractivity contribution in [1.29, 1.82) is 0 Å². The molecule has 1 saturated heterocycles. The third kappa shape index (κ3) is 10.9. The number of benzene rings is 2. The maximum Gasteiger partial charge on any atom is 0.265 e. The summed E-state index contributed by atoms with van der Waals surface area (Å²) < 4.78 is 5.28. The second kappa shape index (κ2) is 20.6. The molecule has 4 aromatic rings. The summed E-state index contributed by atoms with van der Waals surface area (Å²) in [5.74, 6) is 4.64. The first-order valence-corrected chi connectivity index (χ1v) is 16.3. The lowest BCUT2D eigenvalue weighted by Gasteiger charge is -2.17. The predicted octanol–water partition coefficient (Wildman–Crippen LogP) is 8.02. The number of fused-ring (bicyclic) bond motifs is 1. The lowest BCUT2D eigenvalue weighted by molar-refractivity contribution is -0.114. The number of nitrogen functional groups attached to an aromatic ring is 1. The number of hydrazine groups is 1. The van der Waals surface area contributed by atoms with Crippen molar-refractivity contribution in [2.75, 3.05) is 13.2 Å². The fourth-order valence-corrected chi connectivity index (χ4v) is 5.00. The molecule has 0 bridgehead atoms. The summed E-state index contributed by atoms with van der Waals surface area (Å²) in [6.07, 6.45) is 13.7. The van der Waals surface area contributed by atoms with Crippen LogP contribution in [-0.2, 0) is 9.53 Å². The number of hydrogen-bond donors (Lipinski definition) is 5. The van der Waals surface area contributed by atoms with Gasteiger partial charge in [0.05, 0.1) is 11.7 Å². The standard InChI is InChI=1S/C18H17N3O.C7H8N2O.C6H12O.C5H10.C2H6/c1-10-11(2)19-7-13(10)15-9-21-18(22)17(15)14-8-20-16-6-4-3-5-12(14)16;8-9-7(10)6-4-2-1-3-5-6;1-6-4-2-3-5-7-6;1-3-5-4-2;1-2/h3-8,19-20H,9H2,1-2H3,(H,21,22);1-5H,8H2,(H,9,10);6H,2-5H2,1H3;3,5H,4H2,1-2H3;1-2H3/b;;;5-3-;. The highest BCUT2D eigenvalue weighted by atomic mass is 16.5. The van der Waals surface area contributed by atoms with Gasteiger partial charge in [-0.05, 0) is 82.7 Å². The van der Waals surface area contributed by atoms with E-state index in [9.17, 15) is 9.59 Å². The van der Waals surface area contributed by atoms with Crippen molar-refractivity contribution in [2.24, 2.45) is 5.84 Å². The van der Waals surface area contributed by atoms with Crippen molar-refractivity contribution >= 4 is 33.9 Å². The van der Waals surface area contributed by atoms with E-state index in [0.717, 1.165) is 51.9 Å². The zero-order valence-electron chi connectivity index (χ0n) is 28.6. The largest absolute Gasteiger partial charge is 0.379 e. The minimum Gasteiger partial charge on any atom is -0.379 e. The molecule has 0 aliphatic carbocycles. The summed E-state index contributed by atoms with van der Waals surface area (Å²) in [5.41, 5.74) is 9.94. The van der Waals surface area contributed by atoms with Gasteiger partial charge in [-0.25, -0.2) is 5.84 Å². The molecule has 0 saturated carbocycles. The lowest BCUT2D eigenvalue weighted by atomic mass is 9.95. The molecule has 1 unspecified atom stereocenters. The fourth-order valence-electron chi connectivity index (χ4n) is 5.00. The normalized spacial score (nSPS) is 15.3. The molecule has 1 fully saturated rings. The number of hydrogen-bond acceptors (Lipinski definition) is 4. The van der Waals surface area contributed by atoms with Crippen LogP contribution in [0.25, 0.3) is 22.0 Å². The van der Waals surface area contributed by atoms with Crippen LogP contribution < -0.4 is 16.6 Å². The van der Waals surface area contributed by atoms with Gasteiger partial charge in [-0.15, -0.1) is 0 Å². The van der Waals surface area contributed by atoms with Crippen LogP contribution >= 0.6 is 0 Å². The molecule has 248 valence electrons. The van der Waals surface area contributed by atoms with Crippen LogP contribution in [0.15, 0.2) is 79.1 Å². The fraction of sp³-hybridized carbons (Fsp3) is 0.368. The second-order valence-corrected chi connectivity index (χ2v) is 10.7. The lowest BCUT2D eigenvalue weighted by Crippen LogP contribution is -2.29. The number of nitrogens with two attached hydrogens (primary N) is 1. The monoisotopic (exact) mass is 627 g/mol. The summed E-state index contributed by atoms with van der Waals surface area (Å²) in [5, 5.41) is 4.05. The number of nitrogens with one attached hydrogen (secondary N) is 4. The molecule has 0 spiro atoms. The number of aryl methyl sites for hydroxylation is 1. The molecule has 1 atom stereocenters. The smallest absolute Gasteiger partial charge is 0.265 e. The highest BCUT2D eigenvalue weighted by Gasteiger charge is 2.28. The van der Waals surface area contributed by atoms with Crippen molar-refractivity contribution < 1.29 is 14.3 Å². The molecule has 4 heterocycles. The Morgan fingerprint density at radius 2 is 1.67 bits per heavy atom. The van der Waals surface area contributed by atoms with Crippen LogP contribution in [0.3, 0.4) is 0 Å². The van der Waals surface area contributed by atoms with Gasteiger partial charge < -0.3 is 20.0 Å². The van der Waals surface area contributed by atoms with E-state index in [0.29, 0.717) is 18.2 Å². The Morgan fingerprint density at radius 3 is 2.20 bits per heavy atom. The maximum absolute atomic E-state index is 12.4. The van der Waals surface area contributed by atoms with E-state index in [2.05, 4.69) is 55.1 Å². The molecular formula is C38H53N5O3. The van der Waals surface area contributed by atoms with Crippen molar-refractivity contribution in [3.63, 3.8) is 0 Å². The number of aromatic nitrogens is 2. The molecule has 2 aliphatic heterocycles. The van der Waals surface area contributed by atoms with E-state index < -0.39 is 0 Å². The minimum atomic E-state index is -0.263. The number of carbonyl (C=O) groups excluding carboxylic acids is 2. The quantitative estimate of drug-likeness (QED) is 0.0680. The zero-order chi connectivity index (χ0) is 33.9. The molecule has 2 amide bonds. The van der Waals surface area contributed by atoms with E-state index in [1.807, 2.05) is 68.9 Å². The first-order chi connectivity index (χ1) is 22.3. The Bertz CT molecular complexity index is 1540. The van der Waals surface area contributed by atoms with Crippen LogP contribution in [0.5, 0.6) is 0 Å². The Labute approximate surface area is 274 Å². The Kier molecular flexibility index (Phi) is 16.9. The van der Waals surface area contributed by atoms with Crippen molar-refractivity contribution in [3.05, 3.63) is 107 Å². The summed E-state index contributed by atoms with van der Waals surface area (Å²) in [4.78, 5) is 29.7. The van der Waals surface area contributed by atoms with Crippen molar-refractivity contribution in [1.82, 2.24) is 20.7 Å². The maximum atomic E-state index is 12.4. The average molecular weight is 628 g/mol. The number of allylic oxidation sites excluding steroid dienone is 2. The summed E-state index contributed by atoms with van der Waals surface area (Å²) in [6, 6.07) is 16.9. The Morgan fingerprint density at radius 1 is 1.00 bits per heavy atom. The molecule has 8 heteroatoms. The van der Waals surface area contributed by atoms with Gasteiger partial charge in [0.25, 0.3) is 11.8 Å². The summed E-state index contributed by atoms with van der Waals surface area (Å²) >= 11 is 0. The van der Waals surface area contributed by atoms with Gasteiger partial charge >= 0.3 is 0 Å². The first-order valence-electron chi connectivity index (χ1n) is 16.3. The highest BCUT2D eigenvalue weighted by molar-refractivity contribution is 6.32. The molecule has 8 nitrogen and oxygen atoms in total. The zero-order valence-corrected chi connectivity index (χ0v) is 28.6. The van der Waals surface area contributed by atoms with Gasteiger partial charge in [-0.2, -0.15) is 0 Å². The number of H-pyrrole nitrogens is 2. The topological polar surface area (TPSA) is 125 Å². The first kappa shape index (κ1) is 37.8. The molecular weight excluding hydrogens is 574 g/mol. The number of carbonyl (C=O) groups is 2. The van der Waals surface area contributed by atoms with E-state index in [1.54, 1.807) is 24.3 Å². The van der Waals surface area contributed by atoms with Gasteiger partial charge in [0.1, 0.15) is 0 Å². The van der Waals surface area contributed by atoms with Crippen LogP contribution in [0.1, 0.15) is 93.0 Å². The van der Waals surface area contributed by atoms with Gasteiger partial charge in [-0.1, -0.05) is 69.3 Å². The SMILES string of the molecule is C/C=C\CC.CC.CC1CCCCO1.Cc1[nH]cc(C2=C(c3c[nH]c4ccccc34)C(=O)NC2)c1C.NNC(=O)c1ccccc1. The molecule has 6 rings (SSSR count). The molecule has 6 N–H and O–H groups in total. The summed E-state index contributed by atoms with van der Waals surface area (Å²) in [7, 11) is 0. The van der Waals surface area contributed by atoms with E-state index in [4.69, 9.17) is 10.6 Å². The van der Waals surface area contributed by atoms with Gasteiger partial charge in [0.15, 0.2) is 0 Å². The van der Waals surface area contributed by atoms with E-state index >= 15 is 0 Å². The highest BCUT2D eigenvalue weighted by Crippen LogP contribution is 2.35. The van der Waals surface area contributed by atoms with Gasteiger partial charge in [0, 0.05) is 58.8 Å². The number of aromatic amines is 2. The third-order valence-electron chi connectivity index (χ3n) is 7.58. The number of amides is 2. The van der Waals surface area contributed by atoms with Crippen LogP contribution in [-0.4, -0.2) is 41.0 Å². The molecule has 2 aromatic heterocycles. The molecule has 46 heavy (non-hydrogen) atoms.